The van der Waals surface area contributed by atoms with E-state index < -0.39 is 11.7 Å². The van der Waals surface area contributed by atoms with Gasteiger partial charge in [-0.05, 0) is 19.1 Å². The number of benzene rings is 1. The molecule has 0 spiro atoms. The fraction of sp³-hybridized carbons (Fsp3) is 0.286. The van der Waals surface area contributed by atoms with Gasteiger partial charge >= 0.3 is 0 Å². The number of hydrogen-bond donors (Lipinski definition) is 2. The molecule has 0 fully saturated rings. The Bertz CT molecular complexity index is 583. The molecular formula is C14H17FN4O. The van der Waals surface area contributed by atoms with Crippen LogP contribution in [0.1, 0.15) is 22.8 Å². The predicted octanol–water partition coefficient (Wildman–Crippen LogP) is 1.30. The highest BCUT2D eigenvalue weighted by Gasteiger charge is 2.08. The second-order valence-electron chi connectivity index (χ2n) is 4.71. The Hall–Kier alpha value is -2.21. The summed E-state index contributed by atoms with van der Waals surface area (Å²) in [5.41, 5.74) is 5.79. The van der Waals surface area contributed by atoms with Gasteiger partial charge in [-0.3, -0.25) is 4.79 Å². The molecule has 6 heteroatoms. The number of hydrogen-bond acceptors (Lipinski definition) is 3. The number of rotatable bonds is 6. The van der Waals surface area contributed by atoms with E-state index in [1.165, 1.54) is 12.1 Å². The summed E-state index contributed by atoms with van der Waals surface area (Å²) in [5.74, 6) is -1.06. The Balaban J connectivity index is 1.92. The number of nitrogens with one attached hydrogen (secondary N) is 1. The molecule has 106 valence electrons. The average molecular weight is 276 g/mol. The van der Waals surface area contributed by atoms with Crippen molar-refractivity contribution >= 4 is 5.91 Å². The maximum absolute atomic E-state index is 13.8. The van der Waals surface area contributed by atoms with E-state index in [9.17, 15) is 9.18 Å². The first kappa shape index (κ1) is 14.2. The smallest absolute Gasteiger partial charge is 0.248 e. The summed E-state index contributed by atoms with van der Waals surface area (Å²) in [4.78, 5) is 14.9. The fourth-order valence-electron chi connectivity index (χ4n) is 1.90. The molecule has 0 saturated carbocycles. The second-order valence-corrected chi connectivity index (χ2v) is 4.71. The van der Waals surface area contributed by atoms with Crippen LogP contribution in [0.25, 0.3) is 0 Å². The number of amides is 1. The lowest BCUT2D eigenvalue weighted by atomic mass is 10.1. The van der Waals surface area contributed by atoms with E-state index in [0.29, 0.717) is 12.1 Å². The average Bonchev–Trinajstić information content (AvgIpc) is 2.90. The molecule has 0 saturated heterocycles. The van der Waals surface area contributed by atoms with E-state index in [-0.39, 0.29) is 11.6 Å². The molecule has 5 nitrogen and oxygen atoms in total. The summed E-state index contributed by atoms with van der Waals surface area (Å²) in [6.07, 6.45) is 5.33. The van der Waals surface area contributed by atoms with Crippen LogP contribution in [0.5, 0.6) is 0 Å². The summed E-state index contributed by atoms with van der Waals surface area (Å²) in [5, 5.41) is 3.22. The minimum atomic E-state index is -0.628. The molecule has 1 amide bonds. The number of carbonyl (C=O) groups is 1. The Kier molecular flexibility index (Phi) is 4.47. The van der Waals surface area contributed by atoms with Crippen LogP contribution in [0.3, 0.4) is 0 Å². The highest BCUT2D eigenvalue weighted by Crippen LogP contribution is 2.10. The normalized spacial score (nSPS) is 12.3. The lowest BCUT2D eigenvalue weighted by Gasteiger charge is -2.15. The van der Waals surface area contributed by atoms with Crippen molar-refractivity contribution in [1.29, 1.82) is 0 Å². The highest BCUT2D eigenvalue weighted by molar-refractivity contribution is 5.92. The van der Waals surface area contributed by atoms with Crippen molar-refractivity contribution in [1.82, 2.24) is 14.9 Å². The number of nitrogens with two attached hydrogens (primary N) is 1. The van der Waals surface area contributed by atoms with Crippen molar-refractivity contribution in [2.75, 3.05) is 0 Å². The summed E-state index contributed by atoms with van der Waals surface area (Å²) < 4.78 is 15.7. The van der Waals surface area contributed by atoms with Crippen LogP contribution in [-0.2, 0) is 13.1 Å². The number of carbonyl (C=O) groups excluding carboxylic acids is 1. The van der Waals surface area contributed by atoms with E-state index in [4.69, 9.17) is 5.73 Å². The predicted molar refractivity (Wildman–Crippen MR) is 73.4 cm³/mol. The van der Waals surface area contributed by atoms with Gasteiger partial charge in [-0.25, -0.2) is 9.37 Å². The lowest BCUT2D eigenvalue weighted by Crippen LogP contribution is -2.30. The summed E-state index contributed by atoms with van der Waals surface area (Å²) >= 11 is 0. The van der Waals surface area contributed by atoms with Crippen molar-refractivity contribution in [2.45, 2.75) is 26.1 Å². The van der Waals surface area contributed by atoms with E-state index in [1.54, 1.807) is 18.6 Å². The third kappa shape index (κ3) is 3.64. The van der Waals surface area contributed by atoms with Crippen LogP contribution < -0.4 is 11.1 Å². The number of primary amides is 1. The van der Waals surface area contributed by atoms with Crippen LogP contribution in [0.2, 0.25) is 0 Å². The van der Waals surface area contributed by atoms with Gasteiger partial charge in [-0.1, -0.05) is 6.07 Å². The van der Waals surface area contributed by atoms with Crippen LogP contribution >= 0.6 is 0 Å². The number of aromatic nitrogens is 2. The van der Waals surface area contributed by atoms with Crippen molar-refractivity contribution < 1.29 is 9.18 Å². The number of imidazole rings is 1. The largest absolute Gasteiger partial charge is 0.366 e. The first-order valence-electron chi connectivity index (χ1n) is 6.33. The van der Waals surface area contributed by atoms with Crippen LogP contribution in [0, 0.1) is 5.82 Å². The zero-order chi connectivity index (χ0) is 14.5. The van der Waals surface area contributed by atoms with Crippen LogP contribution in [0.4, 0.5) is 4.39 Å². The lowest BCUT2D eigenvalue weighted by molar-refractivity contribution is 0.1000. The van der Waals surface area contributed by atoms with Gasteiger partial charge in [0.1, 0.15) is 5.82 Å². The monoisotopic (exact) mass is 276 g/mol. The third-order valence-corrected chi connectivity index (χ3v) is 3.02. The zero-order valence-electron chi connectivity index (χ0n) is 11.2. The van der Waals surface area contributed by atoms with E-state index >= 15 is 0 Å². The van der Waals surface area contributed by atoms with Gasteiger partial charge in [0, 0.05) is 42.7 Å². The molecule has 0 radical (unpaired) electrons. The van der Waals surface area contributed by atoms with Gasteiger partial charge in [0.25, 0.3) is 0 Å². The number of nitrogens with zero attached hydrogens (tertiary/aromatic N) is 2. The molecule has 0 bridgehead atoms. The topological polar surface area (TPSA) is 72.9 Å². The molecule has 2 aromatic rings. The summed E-state index contributed by atoms with van der Waals surface area (Å²) in [7, 11) is 0. The maximum atomic E-state index is 13.8. The van der Waals surface area contributed by atoms with Gasteiger partial charge in [-0.2, -0.15) is 0 Å². The van der Waals surface area contributed by atoms with Gasteiger partial charge in [0.2, 0.25) is 5.91 Å². The maximum Gasteiger partial charge on any atom is 0.248 e. The molecule has 20 heavy (non-hydrogen) atoms. The number of halogens is 1. The van der Waals surface area contributed by atoms with Gasteiger partial charge < -0.3 is 15.6 Å². The van der Waals surface area contributed by atoms with E-state index in [1.807, 2.05) is 17.7 Å². The van der Waals surface area contributed by atoms with E-state index in [0.717, 1.165) is 6.54 Å². The van der Waals surface area contributed by atoms with Crippen molar-refractivity contribution in [3.05, 3.63) is 53.9 Å². The minimum absolute atomic E-state index is 0.166. The molecule has 1 aromatic heterocycles. The molecule has 2 rings (SSSR count). The molecular weight excluding hydrogens is 259 g/mol. The molecule has 0 aliphatic heterocycles. The fourth-order valence-corrected chi connectivity index (χ4v) is 1.90. The summed E-state index contributed by atoms with van der Waals surface area (Å²) in [6.45, 7) is 3.15. The zero-order valence-corrected chi connectivity index (χ0v) is 11.2. The quantitative estimate of drug-likeness (QED) is 0.835. The molecule has 1 unspecified atom stereocenters. The van der Waals surface area contributed by atoms with Gasteiger partial charge in [0.15, 0.2) is 0 Å². The van der Waals surface area contributed by atoms with E-state index in [2.05, 4.69) is 10.3 Å². The molecule has 0 aliphatic rings. The van der Waals surface area contributed by atoms with Crippen molar-refractivity contribution in [3.8, 4) is 0 Å². The SMILES string of the molecule is CC(Cn1ccnc1)NCc1ccc(C(N)=O)cc1F. The van der Waals surface area contributed by atoms with Gasteiger partial charge in [0.05, 0.1) is 6.33 Å². The van der Waals surface area contributed by atoms with Crippen LogP contribution in [0.15, 0.2) is 36.9 Å². The Labute approximate surface area is 116 Å². The Morgan fingerprint density at radius 1 is 1.55 bits per heavy atom. The second kappa shape index (κ2) is 6.29. The molecule has 3 N–H and O–H groups in total. The minimum Gasteiger partial charge on any atom is -0.366 e. The molecule has 1 heterocycles. The van der Waals surface area contributed by atoms with Crippen LogP contribution in [-0.4, -0.2) is 21.5 Å². The summed E-state index contributed by atoms with van der Waals surface area (Å²) in [6, 6.07) is 4.44. The van der Waals surface area contributed by atoms with Crippen molar-refractivity contribution in [3.63, 3.8) is 0 Å². The first-order valence-corrected chi connectivity index (χ1v) is 6.33. The molecule has 0 aliphatic carbocycles. The highest BCUT2D eigenvalue weighted by atomic mass is 19.1. The van der Waals surface area contributed by atoms with Crippen molar-refractivity contribution in [2.24, 2.45) is 5.73 Å². The molecule has 1 atom stereocenters. The Morgan fingerprint density at radius 3 is 2.95 bits per heavy atom. The molecule has 1 aromatic carbocycles. The standard InChI is InChI=1S/C14H17FN4O/c1-10(8-19-5-4-17-9-19)18-7-12-3-2-11(14(16)20)6-13(12)15/h2-6,9-10,18H,7-8H2,1H3,(H2,16,20). The third-order valence-electron chi connectivity index (χ3n) is 3.02. The Morgan fingerprint density at radius 2 is 2.35 bits per heavy atom. The first-order chi connectivity index (χ1) is 9.56. The van der Waals surface area contributed by atoms with Gasteiger partial charge in [-0.15, -0.1) is 0 Å².